The van der Waals surface area contributed by atoms with Crippen LogP contribution >= 0.6 is 15.9 Å². The molecule has 1 N–H and O–H groups in total. The van der Waals surface area contributed by atoms with Gasteiger partial charge in [0.2, 0.25) is 5.88 Å². The normalized spacial score (nSPS) is 11.5. The lowest BCUT2D eigenvalue weighted by atomic mass is 10.1. The lowest BCUT2D eigenvalue weighted by Crippen LogP contribution is -2.24. The molecule has 0 bridgehead atoms. The van der Waals surface area contributed by atoms with Crippen LogP contribution in [0.25, 0.3) is 11.3 Å². The second-order valence-electron chi connectivity index (χ2n) is 6.87. The summed E-state index contributed by atoms with van der Waals surface area (Å²) in [6.07, 6.45) is 6.00. The number of carbonyl (C=O) groups is 1. The third-order valence-electron chi connectivity index (χ3n) is 4.93. The van der Waals surface area contributed by atoms with E-state index in [1.54, 1.807) is 6.07 Å². The summed E-state index contributed by atoms with van der Waals surface area (Å²) in [5.41, 5.74) is 2.76. The summed E-state index contributed by atoms with van der Waals surface area (Å²) < 4.78 is 19.9. The molecule has 212 valence electrons. The van der Waals surface area contributed by atoms with E-state index in [4.69, 9.17) is 4.74 Å². The fourth-order valence-corrected chi connectivity index (χ4v) is 3.48. The quantitative estimate of drug-likeness (QED) is 0.289. The molecule has 1 aliphatic carbocycles. The standard InChI is InChI=1S/C13H11FN2O2.C10H12BrN.4C2H6/c1-2-18-13-7-15-6-12(16-13)9-3-4-10(8-17)11(14)5-9;1-12-10(5-6-10)8-3-2-4-9(11)7-8;4*1-2/h3-8H,2H2,1H3;2-4,7,12H,5-6H2,1H3;4*1-2H3. The summed E-state index contributed by atoms with van der Waals surface area (Å²) in [4.78, 5) is 18.7. The van der Waals surface area contributed by atoms with Crippen molar-refractivity contribution >= 4 is 22.2 Å². The molecule has 2 aromatic carbocycles. The fraction of sp³-hybridized carbons (Fsp3) is 0.452. The number of nitrogens with one attached hydrogen (secondary N) is 1. The molecule has 0 atom stereocenters. The smallest absolute Gasteiger partial charge is 0.232 e. The van der Waals surface area contributed by atoms with Gasteiger partial charge in [0.05, 0.1) is 30.3 Å². The van der Waals surface area contributed by atoms with E-state index < -0.39 is 5.82 Å². The fourth-order valence-electron chi connectivity index (χ4n) is 3.08. The highest BCUT2D eigenvalue weighted by Gasteiger charge is 2.42. The second kappa shape index (κ2) is 22.4. The molecule has 1 saturated carbocycles. The third-order valence-corrected chi connectivity index (χ3v) is 5.43. The van der Waals surface area contributed by atoms with Crippen LogP contribution in [0.4, 0.5) is 4.39 Å². The van der Waals surface area contributed by atoms with Crippen LogP contribution < -0.4 is 10.1 Å². The largest absolute Gasteiger partial charge is 0.477 e. The van der Waals surface area contributed by atoms with Crippen molar-refractivity contribution in [2.45, 2.75) is 80.7 Å². The zero-order valence-corrected chi connectivity index (χ0v) is 26.4. The lowest BCUT2D eigenvalue weighted by Gasteiger charge is -2.14. The van der Waals surface area contributed by atoms with Gasteiger partial charge in [-0.3, -0.25) is 9.78 Å². The minimum atomic E-state index is -0.578. The summed E-state index contributed by atoms with van der Waals surface area (Å²) in [6.45, 7) is 18.3. The van der Waals surface area contributed by atoms with Gasteiger partial charge in [-0.15, -0.1) is 0 Å². The molecule has 0 spiro atoms. The van der Waals surface area contributed by atoms with Gasteiger partial charge in [0, 0.05) is 15.6 Å². The molecule has 1 fully saturated rings. The third kappa shape index (κ3) is 12.3. The number of benzene rings is 2. The van der Waals surface area contributed by atoms with Gasteiger partial charge >= 0.3 is 0 Å². The Bertz CT molecular complexity index is 1030. The van der Waals surface area contributed by atoms with Crippen molar-refractivity contribution in [3.05, 3.63) is 76.3 Å². The highest BCUT2D eigenvalue weighted by atomic mass is 79.9. The Hall–Kier alpha value is -2.64. The molecule has 3 aromatic rings. The Morgan fingerprint density at radius 3 is 2.11 bits per heavy atom. The predicted octanol–water partition coefficient (Wildman–Crippen LogP) is 9.26. The maximum Gasteiger partial charge on any atom is 0.232 e. The molecule has 0 saturated heterocycles. The molecule has 1 heterocycles. The Morgan fingerprint density at radius 1 is 1.00 bits per heavy atom. The molecule has 1 aliphatic rings. The van der Waals surface area contributed by atoms with Gasteiger partial charge in [-0.2, -0.15) is 0 Å². The molecule has 1 aromatic heterocycles. The highest BCUT2D eigenvalue weighted by molar-refractivity contribution is 9.10. The number of hydrogen-bond acceptors (Lipinski definition) is 5. The van der Waals surface area contributed by atoms with Crippen molar-refractivity contribution in [1.29, 1.82) is 0 Å². The number of carbonyl (C=O) groups excluding carboxylic acids is 1. The van der Waals surface area contributed by atoms with Crippen molar-refractivity contribution < 1.29 is 13.9 Å². The van der Waals surface area contributed by atoms with Crippen molar-refractivity contribution in [3.8, 4) is 17.1 Å². The molecular formula is C31H47BrFN3O2. The predicted molar refractivity (Wildman–Crippen MR) is 163 cm³/mol. The van der Waals surface area contributed by atoms with E-state index >= 15 is 0 Å². The molecule has 5 nitrogen and oxygen atoms in total. The number of aldehydes is 1. The van der Waals surface area contributed by atoms with E-state index in [-0.39, 0.29) is 5.56 Å². The maximum atomic E-state index is 13.5. The van der Waals surface area contributed by atoms with Crippen LogP contribution in [-0.4, -0.2) is 29.9 Å². The molecular weight excluding hydrogens is 545 g/mol. The average Bonchev–Trinajstić information content (AvgIpc) is 3.80. The zero-order chi connectivity index (χ0) is 29.6. The van der Waals surface area contributed by atoms with Crippen molar-refractivity contribution in [2.24, 2.45) is 0 Å². The molecule has 0 unspecified atom stereocenters. The van der Waals surface area contributed by atoms with Gasteiger partial charge in [0.25, 0.3) is 0 Å². The second-order valence-corrected chi connectivity index (χ2v) is 7.79. The van der Waals surface area contributed by atoms with E-state index in [2.05, 4.69) is 55.5 Å². The van der Waals surface area contributed by atoms with Gasteiger partial charge < -0.3 is 10.1 Å². The molecule has 0 radical (unpaired) electrons. The molecule has 38 heavy (non-hydrogen) atoms. The van der Waals surface area contributed by atoms with Crippen LogP contribution in [0.1, 0.15) is 91.1 Å². The number of aromatic nitrogens is 2. The summed E-state index contributed by atoms with van der Waals surface area (Å²) in [5.74, 6) is -0.194. The molecule has 0 amide bonds. The number of ether oxygens (including phenoxy) is 1. The first-order valence-electron chi connectivity index (χ1n) is 13.7. The first-order valence-corrected chi connectivity index (χ1v) is 14.5. The van der Waals surface area contributed by atoms with Crippen LogP contribution in [0.3, 0.4) is 0 Å². The van der Waals surface area contributed by atoms with E-state index in [0.29, 0.717) is 35.6 Å². The maximum absolute atomic E-state index is 13.5. The van der Waals surface area contributed by atoms with Crippen molar-refractivity contribution in [1.82, 2.24) is 15.3 Å². The minimum absolute atomic E-state index is 0.0210. The molecule has 7 heteroatoms. The van der Waals surface area contributed by atoms with Crippen LogP contribution in [0.15, 0.2) is 59.3 Å². The number of hydrogen-bond donors (Lipinski definition) is 1. The Kier molecular flexibility index (Phi) is 22.1. The van der Waals surface area contributed by atoms with Gasteiger partial charge in [0.15, 0.2) is 6.29 Å². The minimum Gasteiger partial charge on any atom is -0.477 e. The van der Waals surface area contributed by atoms with E-state index in [1.807, 2.05) is 69.4 Å². The van der Waals surface area contributed by atoms with E-state index in [0.717, 1.165) is 0 Å². The Balaban J connectivity index is 0. The summed E-state index contributed by atoms with van der Waals surface area (Å²) in [5, 5.41) is 3.38. The van der Waals surface area contributed by atoms with Crippen molar-refractivity contribution in [2.75, 3.05) is 13.7 Å². The first-order chi connectivity index (χ1) is 18.5. The van der Waals surface area contributed by atoms with Gasteiger partial charge in [-0.25, -0.2) is 9.37 Å². The van der Waals surface area contributed by atoms with Crippen molar-refractivity contribution in [3.63, 3.8) is 0 Å². The van der Waals surface area contributed by atoms with Crippen LogP contribution in [-0.2, 0) is 5.54 Å². The summed E-state index contributed by atoms with van der Waals surface area (Å²) in [6, 6.07) is 12.8. The zero-order valence-electron chi connectivity index (χ0n) is 24.9. The van der Waals surface area contributed by atoms with E-state index in [9.17, 15) is 9.18 Å². The van der Waals surface area contributed by atoms with Gasteiger partial charge in [-0.1, -0.05) is 89.5 Å². The monoisotopic (exact) mass is 591 g/mol. The first kappa shape index (κ1) is 37.5. The number of halogens is 2. The van der Waals surface area contributed by atoms with Crippen LogP contribution in [0.2, 0.25) is 0 Å². The lowest BCUT2D eigenvalue weighted by molar-refractivity contribution is 0.112. The number of nitrogens with zero attached hydrogens (tertiary/aromatic N) is 2. The SMILES string of the molecule is CC.CC.CC.CC.CCOc1cncc(-c2ccc(C=O)c(F)c2)n1.CNC1(c2cccc(Br)c2)CC1. The Morgan fingerprint density at radius 2 is 1.63 bits per heavy atom. The molecule has 0 aliphatic heterocycles. The topological polar surface area (TPSA) is 64.1 Å². The van der Waals surface area contributed by atoms with Gasteiger partial charge in [0.1, 0.15) is 5.82 Å². The summed E-state index contributed by atoms with van der Waals surface area (Å²) in [7, 11) is 2.04. The van der Waals surface area contributed by atoms with Crippen LogP contribution in [0, 0.1) is 5.82 Å². The Labute approximate surface area is 238 Å². The average molecular weight is 593 g/mol. The van der Waals surface area contributed by atoms with Gasteiger partial charge in [-0.05, 0) is 56.6 Å². The molecule has 4 rings (SSSR count). The summed E-state index contributed by atoms with van der Waals surface area (Å²) >= 11 is 3.48. The van der Waals surface area contributed by atoms with E-state index in [1.165, 1.54) is 47.4 Å². The number of rotatable bonds is 6. The van der Waals surface area contributed by atoms with Crippen LogP contribution in [0.5, 0.6) is 5.88 Å². The highest BCUT2D eigenvalue weighted by Crippen LogP contribution is 2.45.